The first kappa shape index (κ1) is 19.2. The van der Waals surface area contributed by atoms with Crippen LogP contribution in [0.5, 0.6) is 0 Å². The molecule has 2 amide bonds. The first-order valence-corrected chi connectivity index (χ1v) is 8.48. The summed E-state index contributed by atoms with van der Waals surface area (Å²) in [6.07, 6.45) is 1.17. The van der Waals surface area contributed by atoms with Gasteiger partial charge < -0.3 is 15.7 Å². The normalized spacial score (nSPS) is 10.2. The van der Waals surface area contributed by atoms with Crippen molar-refractivity contribution < 1.29 is 19.5 Å². The molecule has 0 unspecified atom stereocenters. The molecule has 0 radical (unpaired) electrons. The quantitative estimate of drug-likeness (QED) is 0.645. The van der Waals surface area contributed by atoms with Crippen LogP contribution in [0.4, 0.5) is 5.69 Å². The molecule has 136 valence electrons. The van der Waals surface area contributed by atoms with Gasteiger partial charge in [0.25, 0.3) is 5.91 Å². The Kier molecular flexibility index (Phi) is 7.36. The van der Waals surface area contributed by atoms with E-state index in [1.54, 1.807) is 24.3 Å². The van der Waals surface area contributed by atoms with E-state index in [2.05, 4.69) is 10.6 Å². The monoisotopic (exact) mass is 354 g/mol. The first-order valence-electron chi connectivity index (χ1n) is 8.48. The molecule has 2 aromatic carbocycles. The molecular weight excluding hydrogens is 332 g/mol. The second-order valence-electron chi connectivity index (χ2n) is 5.86. The van der Waals surface area contributed by atoms with Crippen molar-refractivity contribution in [2.45, 2.75) is 25.7 Å². The van der Waals surface area contributed by atoms with E-state index in [-0.39, 0.29) is 24.7 Å². The highest BCUT2D eigenvalue weighted by Crippen LogP contribution is 2.11. The fourth-order valence-electron chi connectivity index (χ4n) is 2.39. The highest BCUT2D eigenvalue weighted by atomic mass is 16.4. The topological polar surface area (TPSA) is 95.5 Å². The molecular formula is C20H22N2O4. The Bertz CT molecular complexity index is 742. The van der Waals surface area contributed by atoms with E-state index < -0.39 is 5.97 Å². The lowest BCUT2D eigenvalue weighted by Crippen LogP contribution is -2.25. The second kappa shape index (κ2) is 9.98. The van der Waals surface area contributed by atoms with E-state index in [4.69, 9.17) is 5.11 Å². The molecule has 6 nitrogen and oxygen atoms in total. The van der Waals surface area contributed by atoms with Gasteiger partial charge in [0.1, 0.15) is 0 Å². The lowest BCUT2D eigenvalue weighted by molar-refractivity contribution is -0.137. The minimum absolute atomic E-state index is 0.0128. The molecule has 0 saturated heterocycles. The van der Waals surface area contributed by atoms with E-state index >= 15 is 0 Å². The van der Waals surface area contributed by atoms with Crippen molar-refractivity contribution in [3.8, 4) is 0 Å². The van der Waals surface area contributed by atoms with Crippen LogP contribution >= 0.6 is 0 Å². The Labute approximate surface area is 152 Å². The standard InChI is InChI=1S/C20H22N2O4/c23-18(7-4-8-19(24)25)22-17-11-9-15(10-12-17)13-14-21-20(26)16-5-2-1-3-6-16/h1-3,5-6,9-12H,4,7-8,13-14H2,(H,21,26)(H,22,23)(H,24,25). The number of amides is 2. The molecule has 2 aromatic rings. The van der Waals surface area contributed by atoms with Gasteiger partial charge in [-0.1, -0.05) is 30.3 Å². The summed E-state index contributed by atoms with van der Waals surface area (Å²) in [4.78, 5) is 34.1. The highest BCUT2D eigenvalue weighted by molar-refractivity contribution is 5.94. The molecule has 6 heteroatoms. The maximum Gasteiger partial charge on any atom is 0.303 e. The van der Waals surface area contributed by atoms with E-state index in [1.165, 1.54) is 0 Å². The molecule has 0 heterocycles. The van der Waals surface area contributed by atoms with Crippen molar-refractivity contribution in [1.82, 2.24) is 5.32 Å². The molecule has 2 rings (SSSR count). The number of anilines is 1. The van der Waals surface area contributed by atoms with Crippen LogP contribution < -0.4 is 10.6 Å². The molecule has 0 atom stereocenters. The number of carbonyl (C=O) groups is 3. The van der Waals surface area contributed by atoms with Crippen LogP contribution in [-0.4, -0.2) is 29.4 Å². The van der Waals surface area contributed by atoms with Crippen LogP contribution in [-0.2, 0) is 16.0 Å². The van der Waals surface area contributed by atoms with Crippen molar-refractivity contribution >= 4 is 23.5 Å². The number of carboxylic acid groups (broad SMARTS) is 1. The van der Waals surface area contributed by atoms with E-state index in [0.717, 1.165) is 5.56 Å². The number of aliphatic carboxylic acids is 1. The number of rotatable bonds is 9. The fraction of sp³-hybridized carbons (Fsp3) is 0.250. The zero-order valence-electron chi connectivity index (χ0n) is 14.4. The van der Waals surface area contributed by atoms with E-state index in [0.29, 0.717) is 30.6 Å². The third-order valence-corrected chi connectivity index (χ3v) is 3.77. The fourth-order valence-corrected chi connectivity index (χ4v) is 2.39. The SMILES string of the molecule is O=C(O)CCCC(=O)Nc1ccc(CCNC(=O)c2ccccc2)cc1. The molecule has 3 N–H and O–H groups in total. The van der Waals surface area contributed by atoms with Crippen molar-refractivity contribution in [1.29, 1.82) is 0 Å². The molecule has 0 aromatic heterocycles. The van der Waals surface area contributed by atoms with Gasteiger partial charge in [-0.2, -0.15) is 0 Å². The molecule has 0 spiro atoms. The molecule has 0 fully saturated rings. The third-order valence-electron chi connectivity index (χ3n) is 3.77. The maximum absolute atomic E-state index is 11.9. The second-order valence-corrected chi connectivity index (χ2v) is 5.86. The highest BCUT2D eigenvalue weighted by Gasteiger charge is 2.06. The van der Waals surface area contributed by atoms with Gasteiger partial charge in [-0.3, -0.25) is 14.4 Å². The van der Waals surface area contributed by atoms with Crippen molar-refractivity contribution in [3.63, 3.8) is 0 Å². The first-order chi connectivity index (χ1) is 12.5. The minimum atomic E-state index is -0.901. The summed E-state index contributed by atoms with van der Waals surface area (Å²) in [7, 11) is 0. The lowest BCUT2D eigenvalue weighted by atomic mass is 10.1. The summed E-state index contributed by atoms with van der Waals surface area (Å²) in [5.74, 6) is -1.20. The lowest BCUT2D eigenvalue weighted by Gasteiger charge is -2.08. The number of benzene rings is 2. The van der Waals surface area contributed by atoms with Crippen LogP contribution in [0.2, 0.25) is 0 Å². The molecule has 0 aliphatic heterocycles. The van der Waals surface area contributed by atoms with Crippen molar-refractivity contribution in [2.75, 3.05) is 11.9 Å². The van der Waals surface area contributed by atoms with E-state index in [9.17, 15) is 14.4 Å². The Morgan fingerprint density at radius 2 is 1.58 bits per heavy atom. The maximum atomic E-state index is 11.9. The van der Waals surface area contributed by atoms with Crippen LogP contribution in [0.1, 0.15) is 35.2 Å². The Morgan fingerprint density at radius 3 is 2.23 bits per heavy atom. The number of nitrogens with one attached hydrogen (secondary N) is 2. The number of carbonyl (C=O) groups excluding carboxylic acids is 2. The number of carboxylic acids is 1. The van der Waals surface area contributed by atoms with Gasteiger partial charge >= 0.3 is 5.97 Å². The number of hydrogen-bond donors (Lipinski definition) is 3. The summed E-state index contributed by atoms with van der Waals surface area (Å²) < 4.78 is 0. The Hall–Kier alpha value is -3.15. The van der Waals surface area contributed by atoms with Crippen LogP contribution in [0.15, 0.2) is 54.6 Å². The van der Waals surface area contributed by atoms with Gasteiger partial charge in [-0.15, -0.1) is 0 Å². The predicted molar refractivity (Wildman–Crippen MR) is 99.0 cm³/mol. The Morgan fingerprint density at radius 1 is 0.885 bits per heavy atom. The predicted octanol–water partition coefficient (Wildman–Crippen LogP) is 2.85. The number of hydrogen-bond acceptors (Lipinski definition) is 3. The zero-order valence-corrected chi connectivity index (χ0v) is 14.4. The molecule has 0 bridgehead atoms. The van der Waals surface area contributed by atoms with E-state index in [1.807, 2.05) is 30.3 Å². The van der Waals surface area contributed by atoms with Gasteiger partial charge in [0.15, 0.2) is 0 Å². The zero-order chi connectivity index (χ0) is 18.8. The van der Waals surface area contributed by atoms with Crippen molar-refractivity contribution in [2.24, 2.45) is 0 Å². The van der Waals surface area contributed by atoms with Crippen LogP contribution in [0.3, 0.4) is 0 Å². The van der Waals surface area contributed by atoms with Gasteiger partial charge in [-0.25, -0.2) is 0 Å². The summed E-state index contributed by atoms with van der Waals surface area (Å²) in [5, 5.41) is 14.2. The van der Waals surface area contributed by atoms with Gasteiger partial charge in [0.2, 0.25) is 5.91 Å². The molecule has 26 heavy (non-hydrogen) atoms. The smallest absolute Gasteiger partial charge is 0.303 e. The summed E-state index contributed by atoms with van der Waals surface area (Å²) in [6.45, 7) is 0.522. The average Bonchev–Trinajstić information content (AvgIpc) is 2.63. The van der Waals surface area contributed by atoms with Gasteiger partial charge in [-0.05, 0) is 42.7 Å². The summed E-state index contributed by atoms with van der Waals surface area (Å²) in [6, 6.07) is 16.4. The van der Waals surface area contributed by atoms with Crippen LogP contribution in [0.25, 0.3) is 0 Å². The average molecular weight is 354 g/mol. The van der Waals surface area contributed by atoms with Gasteiger partial charge in [0.05, 0.1) is 0 Å². The molecule has 0 saturated carbocycles. The summed E-state index contributed by atoms with van der Waals surface area (Å²) >= 11 is 0. The van der Waals surface area contributed by atoms with Crippen LogP contribution in [0, 0.1) is 0 Å². The summed E-state index contributed by atoms with van der Waals surface area (Å²) in [5.41, 5.74) is 2.35. The molecule has 0 aliphatic rings. The van der Waals surface area contributed by atoms with Crippen molar-refractivity contribution in [3.05, 3.63) is 65.7 Å². The minimum Gasteiger partial charge on any atom is -0.481 e. The third kappa shape index (κ3) is 6.76. The largest absolute Gasteiger partial charge is 0.481 e. The van der Waals surface area contributed by atoms with Gasteiger partial charge in [0, 0.05) is 30.6 Å². The molecule has 0 aliphatic carbocycles. The Balaban J connectivity index is 1.72.